The summed E-state index contributed by atoms with van der Waals surface area (Å²) in [6, 6.07) is 0. The lowest BCUT2D eigenvalue weighted by atomic mass is 9.93. The number of nitrogens with two attached hydrogens (primary N) is 1. The molecule has 0 aromatic carbocycles. The molecule has 3 N–H and O–H groups in total. The SMILES string of the molecule is Nc1nccnc1C1CCN(CS(=O)O)CC1. The summed E-state index contributed by atoms with van der Waals surface area (Å²) in [6.45, 7) is 1.60. The minimum atomic E-state index is -1.75. The van der Waals surface area contributed by atoms with Crippen LogP contribution in [0.2, 0.25) is 0 Å². The lowest BCUT2D eigenvalue weighted by Gasteiger charge is -2.30. The first-order valence-electron chi connectivity index (χ1n) is 5.53. The molecule has 1 aliphatic rings. The average Bonchev–Trinajstić information content (AvgIpc) is 2.30. The van der Waals surface area contributed by atoms with Crippen LogP contribution in [-0.2, 0) is 11.1 Å². The van der Waals surface area contributed by atoms with E-state index in [-0.39, 0.29) is 5.88 Å². The van der Waals surface area contributed by atoms with Gasteiger partial charge in [-0.2, -0.15) is 0 Å². The van der Waals surface area contributed by atoms with E-state index in [4.69, 9.17) is 10.3 Å². The van der Waals surface area contributed by atoms with Crippen molar-refractivity contribution >= 4 is 16.9 Å². The number of hydrogen-bond donors (Lipinski definition) is 2. The first-order chi connectivity index (χ1) is 8.16. The number of nitrogens with zero attached hydrogens (tertiary/aromatic N) is 3. The van der Waals surface area contributed by atoms with Crippen molar-refractivity contribution in [2.45, 2.75) is 18.8 Å². The minimum Gasteiger partial charge on any atom is -0.382 e. The number of likely N-dealkylation sites (tertiary alicyclic amines) is 1. The van der Waals surface area contributed by atoms with E-state index in [0.29, 0.717) is 11.7 Å². The highest BCUT2D eigenvalue weighted by Gasteiger charge is 2.23. The topological polar surface area (TPSA) is 92.3 Å². The zero-order chi connectivity index (χ0) is 12.3. The molecule has 0 amide bonds. The third-order valence-electron chi connectivity index (χ3n) is 3.02. The molecule has 0 radical (unpaired) electrons. The quantitative estimate of drug-likeness (QED) is 0.761. The molecule has 1 aliphatic heterocycles. The lowest BCUT2D eigenvalue weighted by molar-refractivity contribution is 0.238. The van der Waals surface area contributed by atoms with Gasteiger partial charge in [0.05, 0.1) is 5.69 Å². The van der Waals surface area contributed by atoms with Gasteiger partial charge in [0.2, 0.25) is 0 Å². The molecule has 94 valence electrons. The van der Waals surface area contributed by atoms with Gasteiger partial charge in [-0.05, 0) is 25.9 Å². The zero-order valence-electron chi connectivity index (χ0n) is 9.45. The van der Waals surface area contributed by atoms with Crippen LogP contribution in [0.15, 0.2) is 12.4 Å². The van der Waals surface area contributed by atoms with Crippen LogP contribution in [0.5, 0.6) is 0 Å². The largest absolute Gasteiger partial charge is 0.382 e. The van der Waals surface area contributed by atoms with Gasteiger partial charge in [0.1, 0.15) is 11.7 Å². The molecule has 0 spiro atoms. The van der Waals surface area contributed by atoms with Crippen LogP contribution in [0, 0.1) is 0 Å². The highest BCUT2D eigenvalue weighted by Crippen LogP contribution is 2.28. The van der Waals surface area contributed by atoms with Crippen LogP contribution in [0.25, 0.3) is 0 Å². The van der Waals surface area contributed by atoms with Gasteiger partial charge in [0.15, 0.2) is 11.1 Å². The number of anilines is 1. The third kappa shape index (κ3) is 3.21. The van der Waals surface area contributed by atoms with Crippen molar-refractivity contribution in [3.05, 3.63) is 18.1 Å². The van der Waals surface area contributed by atoms with Gasteiger partial charge in [-0.3, -0.25) is 9.88 Å². The van der Waals surface area contributed by atoms with Crippen molar-refractivity contribution < 1.29 is 8.76 Å². The van der Waals surface area contributed by atoms with E-state index >= 15 is 0 Å². The summed E-state index contributed by atoms with van der Waals surface area (Å²) in [7, 11) is 0. The molecule has 1 fully saturated rings. The Morgan fingerprint density at radius 2 is 2.06 bits per heavy atom. The molecular formula is C10H16N4O2S. The zero-order valence-corrected chi connectivity index (χ0v) is 10.3. The standard InChI is InChI=1S/C10H16N4O2S/c11-10-9(12-3-4-13-10)8-1-5-14(6-2-8)7-17(15)16/h3-4,8H,1-2,5-7H2,(H2,11,13)(H,15,16). The van der Waals surface area contributed by atoms with Gasteiger partial charge >= 0.3 is 0 Å². The maximum Gasteiger partial charge on any atom is 0.167 e. The summed E-state index contributed by atoms with van der Waals surface area (Å²) >= 11 is -1.75. The number of hydrogen-bond acceptors (Lipinski definition) is 5. The molecule has 1 unspecified atom stereocenters. The van der Waals surface area contributed by atoms with Crippen LogP contribution in [-0.4, -0.2) is 42.6 Å². The second kappa shape index (κ2) is 5.52. The van der Waals surface area contributed by atoms with Gasteiger partial charge < -0.3 is 10.3 Å². The van der Waals surface area contributed by atoms with E-state index in [9.17, 15) is 4.21 Å². The van der Waals surface area contributed by atoms with Crippen molar-refractivity contribution in [3.63, 3.8) is 0 Å². The molecule has 6 nitrogen and oxygen atoms in total. The van der Waals surface area contributed by atoms with Gasteiger partial charge in [-0.1, -0.05) is 0 Å². The molecule has 2 rings (SSSR count). The van der Waals surface area contributed by atoms with Gasteiger partial charge in [-0.25, -0.2) is 9.19 Å². The molecule has 2 heterocycles. The molecule has 0 aliphatic carbocycles. The summed E-state index contributed by atoms with van der Waals surface area (Å²) in [6.07, 6.45) is 5.05. The van der Waals surface area contributed by atoms with E-state index < -0.39 is 11.1 Å². The Labute approximate surface area is 103 Å². The highest BCUT2D eigenvalue weighted by molar-refractivity contribution is 7.79. The van der Waals surface area contributed by atoms with Gasteiger partial charge in [0, 0.05) is 18.3 Å². The normalized spacial score (nSPS) is 20.3. The molecule has 1 atom stereocenters. The van der Waals surface area contributed by atoms with Crippen molar-refractivity contribution in [2.75, 3.05) is 24.7 Å². The monoisotopic (exact) mass is 256 g/mol. The molecule has 17 heavy (non-hydrogen) atoms. The van der Waals surface area contributed by atoms with Crippen molar-refractivity contribution in [1.29, 1.82) is 0 Å². The Morgan fingerprint density at radius 3 is 2.65 bits per heavy atom. The van der Waals surface area contributed by atoms with Crippen molar-refractivity contribution in [2.24, 2.45) is 0 Å². The summed E-state index contributed by atoms with van der Waals surface area (Å²) in [5.41, 5.74) is 6.65. The Kier molecular flexibility index (Phi) is 4.03. The second-order valence-corrected chi connectivity index (χ2v) is 5.07. The van der Waals surface area contributed by atoms with Crippen LogP contribution in [0.1, 0.15) is 24.5 Å². The fourth-order valence-electron chi connectivity index (χ4n) is 2.17. The summed E-state index contributed by atoms with van der Waals surface area (Å²) in [4.78, 5) is 10.3. The van der Waals surface area contributed by atoms with Gasteiger partial charge in [-0.15, -0.1) is 0 Å². The van der Waals surface area contributed by atoms with Gasteiger partial charge in [0.25, 0.3) is 0 Å². The summed E-state index contributed by atoms with van der Waals surface area (Å²) < 4.78 is 19.5. The van der Waals surface area contributed by atoms with E-state index in [2.05, 4.69) is 9.97 Å². The Balaban J connectivity index is 1.95. The predicted molar refractivity (Wildman–Crippen MR) is 65.6 cm³/mol. The fourth-order valence-corrected chi connectivity index (χ4v) is 2.74. The Hall–Kier alpha value is -1.05. The van der Waals surface area contributed by atoms with Crippen LogP contribution < -0.4 is 5.73 Å². The molecule has 0 bridgehead atoms. The molecule has 1 aromatic rings. The fraction of sp³-hybridized carbons (Fsp3) is 0.600. The minimum absolute atomic E-state index is 0.225. The molecule has 1 saturated heterocycles. The lowest BCUT2D eigenvalue weighted by Crippen LogP contribution is -2.35. The van der Waals surface area contributed by atoms with Crippen LogP contribution >= 0.6 is 0 Å². The van der Waals surface area contributed by atoms with Crippen molar-refractivity contribution in [3.8, 4) is 0 Å². The smallest absolute Gasteiger partial charge is 0.167 e. The van der Waals surface area contributed by atoms with Crippen LogP contribution in [0.4, 0.5) is 5.82 Å². The molecule has 0 saturated carbocycles. The molecule has 1 aromatic heterocycles. The number of rotatable bonds is 3. The first kappa shape index (κ1) is 12.4. The first-order valence-corrected chi connectivity index (χ1v) is 6.80. The number of aromatic nitrogens is 2. The maximum absolute atomic E-state index is 10.7. The van der Waals surface area contributed by atoms with E-state index in [1.165, 1.54) is 0 Å². The van der Waals surface area contributed by atoms with Crippen molar-refractivity contribution in [1.82, 2.24) is 14.9 Å². The second-order valence-electron chi connectivity index (χ2n) is 4.17. The predicted octanol–water partition coefficient (Wildman–Crippen LogP) is 0.417. The summed E-state index contributed by atoms with van der Waals surface area (Å²) in [5, 5.41) is 0. The average molecular weight is 256 g/mol. The van der Waals surface area contributed by atoms with E-state index in [0.717, 1.165) is 31.6 Å². The Bertz CT molecular complexity index is 407. The number of nitrogen functional groups attached to an aromatic ring is 1. The number of piperidine rings is 1. The maximum atomic E-state index is 10.7. The highest BCUT2D eigenvalue weighted by atomic mass is 32.2. The van der Waals surface area contributed by atoms with Crippen LogP contribution in [0.3, 0.4) is 0 Å². The Morgan fingerprint density at radius 1 is 1.41 bits per heavy atom. The summed E-state index contributed by atoms with van der Waals surface area (Å²) in [5.74, 6) is 1.03. The third-order valence-corrected chi connectivity index (χ3v) is 3.61. The van der Waals surface area contributed by atoms with E-state index in [1.54, 1.807) is 12.4 Å². The molecule has 7 heteroatoms. The van der Waals surface area contributed by atoms with E-state index in [1.807, 2.05) is 4.90 Å². The molecular weight excluding hydrogens is 240 g/mol.